The zero-order valence-electron chi connectivity index (χ0n) is 15.4. The Morgan fingerprint density at radius 3 is 1.62 bits per heavy atom. The Kier molecular flexibility index (Phi) is 5.68. The van der Waals surface area contributed by atoms with Crippen molar-refractivity contribution >= 4 is 28.8 Å². The number of alkyl halides is 3. The first-order chi connectivity index (χ1) is 13.7. The van der Waals surface area contributed by atoms with Crippen molar-refractivity contribution < 1.29 is 22.8 Å². The van der Waals surface area contributed by atoms with Crippen LogP contribution in [0.3, 0.4) is 0 Å². The van der Waals surface area contributed by atoms with Gasteiger partial charge < -0.3 is 10.6 Å². The Morgan fingerprint density at radius 1 is 0.690 bits per heavy atom. The number of rotatable bonds is 5. The predicted octanol–water partition coefficient (Wildman–Crippen LogP) is 5.90. The Hall–Kier alpha value is -3.61. The molecule has 29 heavy (non-hydrogen) atoms. The molecule has 3 aromatic rings. The van der Waals surface area contributed by atoms with E-state index in [0.29, 0.717) is 11.3 Å². The molecule has 0 aliphatic rings. The van der Waals surface area contributed by atoms with E-state index in [4.69, 9.17) is 0 Å². The Morgan fingerprint density at radius 2 is 1.14 bits per heavy atom. The van der Waals surface area contributed by atoms with Crippen LogP contribution in [-0.4, -0.2) is 11.7 Å². The maximum atomic E-state index is 12.6. The lowest BCUT2D eigenvalue weighted by Crippen LogP contribution is -2.12. The quantitative estimate of drug-likeness (QED) is 0.526. The van der Waals surface area contributed by atoms with Crippen LogP contribution in [0.5, 0.6) is 0 Å². The largest absolute Gasteiger partial charge is 0.416 e. The van der Waals surface area contributed by atoms with E-state index in [0.717, 1.165) is 35.6 Å². The SMILES string of the molecule is CC(=O)c1ccc(Nc2ccc(NC(=O)c3ccc(C(F)(F)F)cc3)cc2)cc1. The van der Waals surface area contributed by atoms with Crippen molar-refractivity contribution in [2.45, 2.75) is 13.1 Å². The smallest absolute Gasteiger partial charge is 0.356 e. The second-order valence-electron chi connectivity index (χ2n) is 6.37. The molecule has 1 amide bonds. The molecule has 3 rings (SSSR count). The van der Waals surface area contributed by atoms with Crippen molar-refractivity contribution in [2.24, 2.45) is 0 Å². The van der Waals surface area contributed by atoms with Crippen molar-refractivity contribution in [3.8, 4) is 0 Å². The lowest BCUT2D eigenvalue weighted by Gasteiger charge is -2.10. The van der Waals surface area contributed by atoms with Gasteiger partial charge in [-0.3, -0.25) is 9.59 Å². The van der Waals surface area contributed by atoms with Crippen molar-refractivity contribution in [3.63, 3.8) is 0 Å². The maximum absolute atomic E-state index is 12.6. The van der Waals surface area contributed by atoms with Gasteiger partial charge in [0.1, 0.15) is 0 Å². The molecule has 3 aromatic carbocycles. The zero-order chi connectivity index (χ0) is 21.0. The summed E-state index contributed by atoms with van der Waals surface area (Å²) in [5, 5.41) is 5.81. The number of hydrogen-bond acceptors (Lipinski definition) is 3. The summed E-state index contributed by atoms with van der Waals surface area (Å²) in [6, 6.07) is 17.9. The fraction of sp³-hybridized carbons (Fsp3) is 0.0909. The Labute approximate surface area is 165 Å². The van der Waals surface area contributed by atoms with Crippen LogP contribution in [0.1, 0.15) is 33.2 Å². The Bertz CT molecular complexity index is 1010. The van der Waals surface area contributed by atoms with E-state index in [1.54, 1.807) is 48.5 Å². The van der Waals surface area contributed by atoms with E-state index in [9.17, 15) is 22.8 Å². The minimum absolute atomic E-state index is 0.00955. The first-order valence-corrected chi connectivity index (χ1v) is 8.69. The van der Waals surface area contributed by atoms with Crippen LogP contribution in [0.2, 0.25) is 0 Å². The average molecular weight is 398 g/mol. The number of halogens is 3. The highest BCUT2D eigenvalue weighted by molar-refractivity contribution is 6.04. The number of ketones is 1. The number of hydrogen-bond donors (Lipinski definition) is 2. The molecule has 0 spiro atoms. The van der Waals surface area contributed by atoms with Crippen molar-refractivity contribution in [3.05, 3.63) is 89.5 Å². The molecule has 0 saturated carbocycles. The van der Waals surface area contributed by atoms with Crippen LogP contribution in [0, 0.1) is 0 Å². The molecular formula is C22H17F3N2O2. The number of carbonyl (C=O) groups excluding carboxylic acids is 2. The van der Waals surface area contributed by atoms with Gasteiger partial charge in [-0.25, -0.2) is 0 Å². The Balaban J connectivity index is 1.62. The zero-order valence-corrected chi connectivity index (χ0v) is 15.4. The number of amides is 1. The molecular weight excluding hydrogens is 381 g/mol. The van der Waals surface area contributed by atoms with Crippen molar-refractivity contribution in [2.75, 3.05) is 10.6 Å². The van der Waals surface area contributed by atoms with E-state index in [1.807, 2.05) is 0 Å². The molecule has 2 N–H and O–H groups in total. The number of Topliss-reactive ketones (excluding diaryl/α,β-unsaturated/α-hetero) is 1. The molecule has 0 unspecified atom stereocenters. The van der Waals surface area contributed by atoms with Crippen LogP contribution in [0.25, 0.3) is 0 Å². The third kappa shape index (κ3) is 5.22. The highest BCUT2D eigenvalue weighted by atomic mass is 19.4. The summed E-state index contributed by atoms with van der Waals surface area (Å²) in [5.41, 5.74) is 2.03. The molecule has 4 nitrogen and oxygen atoms in total. The fourth-order valence-corrected chi connectivity index (χ4v) is 2.61. The number of anilines is 3. The van der Waals surface area contributed by atoms with E-state index < -0.39 is 17.6 Å². The van der Waals surface area contributed by atoms with Gasteiger partial charge in [-0.15, -0.1) is 0 Å². The van der Waals surface area contributed by atoms with Gasteiger partial charge in [0.2, 0.25) is 0 Å². The monoisotopic (exact) mass is 398 g/mol. The molecule has 0 heterocycles. The molecule has 0 atom stereocenters. The highest BCUT2D eigenvalue weighted by Gasteiger charge is 2.30. The van der Waals surface area contributed by atoms with Gasteiger partial charge in [0.05, 0.1) is 5.56 Å². The van der Waals surface area contributed by atoms with E-state index in [2.05, 4.69) is 10.6 Å². The van der Waals surface area contributed by atoms with Crippen molar-refractivity contribution in [1.29, 1.82) is 0 Å². The van der Waals surface area contributed by atoms with Gasteiger partial charge in [-0.1, -0.05) is 0 Å². The molecule has 7 heteroatoms. The van der Waals surface area contributed by atoms with E-state index in [1.165, 1.54) is 6.92 Å². The van der Waals surface area contributed by atoms with Crippen LogP contribution >= 0.6 is 0 Å². The lowest BCUT2D eigenvalue weighted by atomic mass is 10.1. The van der Waals surface area contributed by atoms with Crippen LogP contribution < -0.4 is 10.6 Å². The standard InChI is InChI=1S/C22H17F3N2O2/c1-14(28)15-4-8-18(9-5-15)26-19-10-12-20(13-11-19)27-21(29)16-2-6-17(7-3-16)22(23,24)25/h2-13,26H,1H3,(H,27,29). The second-order valence-corrected chi connectivity index (χ2v) is 6.37. The predicted molar refractivity (Wildman–Crippen MR) is 106 cm³/mol. The third-order valence-electron chi connectivity index (χ3n) is 4.20. The summed E-state index contributed by atoms with van der Waals surface area (Å²) in [5.74, 6) is -0.510. The summed E-state index contributed by atoms with van der Waals surface area (Å²) in [4.78, 5) is 23.5. The molecule has 0 aliphatic carbocycles. The van der Waals surface area contributed by atoms with Crippen LogP contribution in [0.4, 0.5) is 30.2 Å². The number of nitrogens with one attached hydrogen (secondary N) is 2. The third-order valence-corrected chi connectivity index (χ3v) is 4.20. The van der Waals surface area contributed by atoms with Gasteiger partial charge in [-0.05, 0) is 79.7 Å². The summed E-state index contributed by atoms with van der Waals surface area (Å²) < 4.78 is 37.8. The number of carbonyl (C=O) groups is 2. The summed E-state index contributed by atoms with van der Waals surface area (Å²) in [6.07, 6.45) is -4.44. The molecule has 0 saturated heterocycles. The first-order valence-electron chi connectivity index (χ1n) is 8.69. The topological polar surface area (TPSA) is 58.2 Å². The minimum Gasteiger partial charge on any atom is -0.356 e. The van der Waals surface area contributed by atoms with E-state index >= 15 is 0 Å². The van der Waals surface area contributed by atoms with Crippen LogP contribution in [-0.2, 0) is 6.18 Å². The first kappa shape index (κ1) is 20.1. The summed E-state index contributed by atoms with van der Waals surface area (Å²) in [7, 11) is 0. The van der Waals surface area contributed by atoms with Gasteiger partial charge >= 0.3 is 6.18 Å². The maximum Gasteiger partial charge on any atom is 0.416 e. The van der Waals surface area contributed by atoms with Gasteiger partial charge in [0.25, 0.3) is 5.91 Å². The van der Waals surface area contributed by atoms with Crippen molar-refractivity contribution in [1.82, 2.24) is 0 Å². The minimum atomic E-state index is -4.44. The molecule has 0 aliphatic heterocycles. The normalized spacial score (nSPS) is 11.0. The number of benzene rings is 3. The van der Waals surface area contributed by atoms with Gasteiger partial charge in [-0.2, -0.15) is 13.2 Å². The van der Waals surface area contributed by atoms with Gasteiger partial charge in [0, 0.05) is 28.2 Å². The molecule has 148 valence electrons. The summed E-state index contributed by atoms with van der Waals surface area (Å²) >= 11 is 0. The molecule has 0 fully saturated rings. The van der Waals surface area contributed by atoms with Gasteiger partial charge in [0.15, 0.2) is 5.78 Å². The average Bonchev–Trinajstić information content (AvgIpc) is 2.69. The summed E-state index contributed by atoms with van der Waals surface area (Å²) in [6.45, 7) is 1.50. The fourth-order valence-electron chi connectivity index (χ4n) is 2.61. The second kappa shape index (κ2) is 8.18. The lowest BCUT2D eigenvalue weighted by molar-refractivity contribution is -0.137. The molecule has 0 bridgehead atoms. The van der Waals surface area contributed by atoms with E-state index in [-0.39, 0.29) is 11.3 Å². The molecule has 0 radical (unpaired) electrons. The van der Waals surface area contributed by atoms with Crippen LogP contribution in [0.15, 0.2) is 72.8 Å². The molecule has 0 aromatic heterocycles. The highest BCUT2D eigenvalue weighted by Crippen LogP contribution is 2.29.